The van der Waals surface area contributed by atoms with E-state index in [9.17, 15) is 9.59 Å². The van der Waals surface area contributed by atoms with Crippen molar-refractivity contribution in [1.82, 2.24) is 29.8 Å². The molecule has 4 aromatic rings. The molecule has 140 valence electrons. The second-order valence-corrected chi connectivity index (χ2v) is 6.23. The lowest BCUT2D eigenvalue weighted by Gasteiger charge is -2.08. The Morgan fingerprint density at radius 3 is 2.86 bits per heavy atom. The molecule has 0 saturated heterocycles. The van der Waals surface area contributed by atoms with Crippen LogP contribution in [0.4, 0.5) is 5.69 Å². The minimum Gasteiger partial charge on any atom is -0.326 e. The second kappa shape index (κ2) is 7.78. The van der Waals surface area contributed by atoms with Crippen LogP contribution in [0.3, 0.4) is 0 Å². The third kappa shape index (κ3) is 3.93. The predicted octanol–water partition coefficient (Wildman–Crippen LogP) is 1.46. The van der Waals surface area contributed by atoms with E-state index >= 15 is 0 Å². The third-order valence-corrected chi connectivity index (χ3v) is 4.20. The van der Waals surface area contributed by atoms with E-state index < -0.39 is 0 Å². The molecule has 0 radical (unpaired) electrons. The van der Waals surface area contributed by atoms with E-state index in [4.69, 9.17) is 0 Å². The van der Waals surface area contributed by atoms with Gasteiger partial charge >= 0.3 is 0 Å². The summed E-state index contributed by atoms with van der Waals surface area (Å²) in [6.07, 6.45) is 3.22. The fourth-order valence-electron chi connectivity index (χ4n) is 2.85. The third-order valence-electron chi connectivity index (χ3n) is 4.20. The number of fused-ring (bicyclic) bond motifs is 1. The second-order valence-electron chi connectivity index (χ2n) is 6.23. The number of hydrogen-bond donors (Lipinski definition) is 1. The first-order valence-corrected chi connectivity index (χ1v) is 8.73. The van der Waals surface area contributed by atoms with Gasteiger partial charge < -0.3 is 5.32 Å². The summed E-state index contributed by atoms with van der Waals surface area (Å²) in [5.41, 5.74) is 1.95. The van der Waals surface area contributed by atoms with Gasteiger partial charge in [0.05, 0.1) is 18.5 Å². The molecule has 0 spiro atoms. The van der Waals surface area contributed by atoms with Crippen molar-refractivity contribution in [2.75, 3.05) is 5.32 Å². The summed E-state index contributed by atoms with van der Waals surface area (Å²) in [5, 5.41) is 15.3. The summed E-state index contributed by atoms with van der Waals surface area (Å²) >= 11 is 0. The summed E-state index contributed by atoms with van der Waals surface area (Å²) in [5.74, 6) is -0.209. The molecule has 0 atom stereocenters. The van der Waals surface area contributed by atoms with Gasteiger partial charge in [-0.2, -0.15) is 5.10 Å². The Morgan fingerprint density at radius 2 is 2.00 bits per heavy atom. The lowest BCUT2D eigenvalue weighted by atomic mass is 10.2. The van der Waals surface area contributed by atoms with Crippen LogP contribution in [0.1, 0.15) is 12.0 Å². The first-order valence-electron chi connectivity index (χ1n) is 8.73. The zero-order chi connectivity index (χ0) is 19.3. The number of aromatic nitrogens is 6. The maximum Gasteiger partial charge on any atom is 0.277 e. The molecule has 0 bridgehead atoms. The Kier molecular flexibility index (Phi) is 4.87. The summed E-state index contributed by atoms with van der Waals surface area (Å²) in [6.45, 7) is 0.715. The zero-order valence-corrected chi connectivity index (χ0v) is 14.9. The first-order chi connectivity index (χ1) is 13.7. The molecule has 0 saturated carbocycles. The van der Waals surface area contributed by atoms with Gasteiger partial charge in [0.15, 0.2) is 0 Å². The monoisotopic (exact) mass is 375 g/mol. The molecular weight excluding hydrogens is 358 g/mol. The van der Waals surface area contributed by atoms with E-state index in [0.29, 0.717) is 23.1 Å². The maximum absolute atomic E-state index is 12.4. The maximum atomic E-state index is 12.4. The van der Waals surface area contributed by atoms with Crippen LogP contribution < -0.4 is 10.9 Å². The Morgan fingerprint density at radius 1 is 1.11 bits per heavy atom. The average molecular weight is 375 g/mol. The highest BCUT2D eigenvalue weighted by atomic mass is 16.2. The first kappa shape index (κ1) is 17.5. The van der Waals surface area contributed by atoms with Gasteiger partial charge in [0, 0.05) is 12.1 Å². The Bertz CT molecular complexity index is 1170. The molecule has 0 unspecified atom stereocenters. The number of anilines is 1. The van der Waals surface area contributed by atoms with Gasteiger partial charge in [-0.1, -0.05) is 29.5 Å². The number of amides is 1. The molecule has 28 heavy (non-hydrogen) atoms. The van der Waals surface area contributed by atoms with Crippen LogP contribution in [-0.2, 0) is 17.9 Å². The van der Waals surface area contributed by atoms with Crippen LogP contribution in [0.15, 0.2) is 66.0 Å². The van der Waals surface area contributed by atoms with Gasteiger partial charge in [-0.05, 0) is 29.8 Å². The van der Waals surface area contributed by atoms with Gasteiger partial charge in [-0.15, -0.1) is 5.10 Å². The Balaban J connectivity index is 1.40. The van der Waals surface area contributed by atoms with E-state index in [0.717, 1.165) is 5.56 Å². The molecule has 2 aromatic heterocycles. The number of carbonyl (C=O) groups is 1. The summed E-state index contributed by atoms with van der Waals surface area (Å²) in [4.78, 5) is 28.6. The molecule has 2 heterocycles. The molecule has 0 aliphatic carbocycles. The lowest BCUT2D eigenvalue weighted by molar-refractivity contribution is -0.116. The Labute approximate surface area is 159 Å². The summed E-state index contributed by atoms with van der Waals surface area (Å²) < 4.78 is 2.91. The Hall–Kier alpha value is -3.88. The fraction of sp³-hybridized carbons (Fsp3) is 0.158. The van der Waals surface area contributed by atoms with Gasteiger partial charge in [0.1, 0.15) is 18.2 Å². The van der Waals surface area contributed by atoms with Gasteiger partial charge in [-0.3, -0.25) is 9.59 Å². The number of benzene rings is 2. The van der Waals surface area contributed by atoms with Gasteiger partial charge in [0.25, 0.3) is 5.56 Å². The van der Waals surface area contributed by atoms with Crippen LogP contribution in [0.5, 0.6) is 0 Å². The smallest absolute Gasteiger partial charge is 0.277 e. The number of nitrogens with one attached hydrogen (secondary N) is 1. The standard InChI is InChI=1S/C19H17N7O2/c27-18(8-9-26-19(28)16-6-1-2-7-17(16)23-24-26)22-15-5-3-4-14(10-15)11-25-13-20-12-21-25/h1-7,10,12-13H,8-9,11H2,(H,22,27). The van der Waals surface area contributed by atoms with Crippen molar-refractivity contribution in [2.45, 2.75) is 19.5 Å². The molecule has 1 N–H and O–H groups in total. The van der Waals surface area contributed by atoms with Crippen molar-refractivity contribution >= 4 is 22.5 Å². The average Bonchev–Trinajstić information content (AvgIpc) is 3.21. The molecule has 9 heteroatoms. The predicted molar refractivity (Wildman–Crippen MR) is 103 cm³/mol. The van der Waals surface area contributed by atoms with E-state index in [2.05, 4.69) is 25.7 Å². The van der Waals surface area contributed by atoms with E-state index in [-0.39, 0.29) is 24.4 Å². The van der Waals surface area contributed by atoms with Crippen LogP contribution in [0, 0.1) is 0 Å². The van der Waals surface area contributed by atoms with Crippen molar-refractivity contribution < 1.29 is 4.79 Å². The van der Waals surface area contributed by atoms with Crippen molar-refractivity contribution in [3.8, 4) is 0 Å². The fourth-order valence-corrected chi connectivity index (χ4v) is 2.85. The lowest BCUT2D eigenvalue weighted by Crippen LogP contribution is -2.26. The topological polar surface area (TPSA) is 108 Å². The number of hydrogen-bond acceptors (Lipinski definition) is 6. The molecule has 0 fully saturated rings. The van der Waals surface area contributed by atoms with Crippen molar-refractivity contribution in [2.24, 2.45) is 0 Å². The quantitative estimate of drug-likeness (QED) is 0.547. The van der Waals surface area contributed by atoms with E-state index in [1.807, 2.05) is 24.3 Å². The SMILES string of the molecule is O=C(CCn1nnc2ccccc2c1=O)Nc1cccc(Cn2cncn2)c1. The van der Waals surface area contributed by atoms with Crippen LogP contribution in [0.25, 0.3) is 10.9 Å². The number of rotatable bonds is 6. The summed E-state index contributed by atoms with van der Waals surface area (Å²) in [7, 11) is 0. The normalized spacial score (nSPS) is 10.9. The number of carbonyl (C=O) groups excluding carboxylic acids is 1. The van der Waals surface area contributed by atoms with E-state index in [1.165, 1.54) is 11.0 Å². The number of aryl methyl sites for hydroxylation is 1. The van der Waals surface area contributed by atoms with E-state index in [1.54, 1.807) is 35.3 Å². The minimum absolute atomic E-state index is 0.111. The largest absolute Gasteiger partial charge is 0.326 e. The molecule has 4 rings (SSSR count). The van der Waals surface area contributed by atoms with Gasteiger partial charge in [0.2, 0.25) is 5.91 Å². The summed E-state index contributed by atoms with van der Waals surface area (Å²) in [6, 6.07) is 14.5. The minimum atomic E-state index is -0.256. The molecule has 9 nitrogen and oxygen atoms in total. The molecule has 0 aliphatic heterocycles. The molecule has 2 aromatic carbocycles. The van der Waals surface area contributed by atoms with Crippen LogP contribution in [0.2, 0.25) is 0 Å². The zero-order valence-electron chi connectivity index (χ0n) is 14.9. The van der Waals surface area contributed by atoms with Crippen molar-refractivity contribution in [1.29, 1.82) is 0 Å². The molecule has 0 aliphatic rings. The highest BCUT2D eigenvalue weighted by molar-refractivity contribution is 5.90. The van der Waals surface area contributed by atoms with Crippen molar-refractivity contribution in [3.05, 3.63) is 77.1 Å². The number of nitrogens with zero attached hydrogens (tertiary/aromatic N) is 6. The highest BCUT2D eigenvalue weighted by Crippen LogP contribution is 2.12. The van der Waals surface area contributed by atoms with Crippen molar-refractivity contribution in [3.63, 3.8) is 0 Å². The van der Waals surface area contributed by atoms with Crippen LogP contribution >= 0.6 is 0 Å². The highest BCUT2D eigenvalue weighted by Gasteiger charge is 2.08. The van der Waals surface area contributed by atoms with Crippen LogP contribution in [-0.4, -0.2) is 35.7 Å². The molecule has 1 amide bonds. The molecular formula is C19H17N7O2. The van der Waals surface area contributed by atoms with Gasteiger partial charge in [-0.25, -0.2) is 14.3 Å².